The smallest absolute Gasteiger partial charge is 0.174 e. The molecular weight excluding hydrogens is 282 g/mol. The van der Waals surface area contributed by atoms with E-state index < -0.39 is 0 Å². The molecule has 0 saturated carbocycles. The van der Waals surface area contributed by atoms with Crippen molar-refractivity contribution < 1.29 is 4.74 Å². The number of nitrogens with one attached hydrogen (secondary N) is 1. The van der Waals surface area contributed by atoms with Crippen LogP contribution in [-0.2, 0) is 0 Å². The molecule has 1 saturated heterocycles. The van der Waals surface area contributed by atoms with Gasteiger partial charge < -0.3 is 15.0 Å². The van der Waals surface area contributed by atoms with Crippen molar-refractivity contribution in [3.05, 3.63) is 29.8 Å². The summed E-state index contributed by atoms with van der Waals surface area (Å²) < 4.78 is 5.26. The summed E-state index contributed by atoms with van der Waals surface area (Å²) in [4.78, 5) is 2.52. The molecule has 0 bridgehead atoms. The summed E-state index contributed by atoms with van der Waals surface area (Å²) in [5, 5.41) is 12.1. The fourth-order valence-electron chi connectivity index (χ4n) is 2.35. The molecule has 2 rings (SSSR count). The lowest BCUT2D eigenvalue weighted by Crippen LogP contribution is -2.38. The first-order chi connectivity index (χ1) is 10.3. The number of thioether (sulfide) groups is 1. The first kappa shape index (κ1) is 16.2. The maximum absolute atomic E-state index is 8.48. The lowest BCUT2D eigenvalue weighted by molar-refractivity contribution is 0.296. The van der Waals surface area contributed by atoms with E-state index in [4.69, 9.17) is 10.00 Å². The Morgan fingerprint density at radius 1 is 1.33 bits per heavy atom. The van der Waals surface area contributed by atoms with Crippen LogP contribution in [0.2, 0.25) is 0 Å². The van der Waals surface area contributed by atoms with E-state index in [0.29, 0.717) is 6.04 Å². The fourth-order valence-corrected chi connectivity index (χ4v) is 3.33. The highest BCUT2D eigenvalue weighted by Crippen LogP contribution is 2.17. The minimum atomic E-state index is 0.0985. The predicted molar refractivity (Wildman–Crippen MR) is 87.7 cm³/mol. The summed E-state index contributed by atoms with van der Waals surface area (Å²) in [6.45, 7) is 6.84. The van der Waals surface area contributed by atoms with Crippen molar-refractivity contribution in [3.63, 3.8) is 0 Å². The van der Waals surface area contributed by atoms with E-state index in [1.807, 2.05) is 30.0 Å². The van der Waals surface area contributed by atoms with Gasteiger partial charge in [0.05, 0.1) is 0 Å². The van der Waals surface area contributed by atoms with Gasteiger partial charge in [0.15, 0.2) is 6.61 Å². The molecule has 0 aromatic heterocycles. The van der Waals surface area contributed by atoms with Crippen molar-refractivity contribution in [3.8, 4) is 11.8 Å². The van der Waals surface area contributed by atoms with Gasteiger partial charge in [-0.15, -0.1) is 0 Å². The Bertz CT molecular complexity index is 452. The Morgan fingerprint density at radius 2 is 2.05 bits per heavy atom. The van der Waals surface area contributed by atoms with Crippen LogP contribution in [0.4, 0.5) is 0 Å². The zero-order valence-corrected chi connectivity index (χ0v) is 13.4. The number of hydrogen-bond acceptors (Lipinski definition) is 5. The molecule has 1 fully saturated rings. The van der Waals surface area contributed by atoms with Gasteiger partial charge in [-0.25, -0.2) is 0 Å². The summed E-state index contributed by atoms with van der Waals surface area (Å²) >= 11 is 2.05. The average molecular weight is 305 g/mol. The van der Waals surface area contributed by atoms with Gasteiger partial charge in [-0.1, -0.05) is 12.1 Å². The van der Waals surface area contributed by atoms with Gasteiger partial charge in [0.25, 0.3) is 0 Å². The van der Waals surface area contributed by atoms with Gasteiger partial charge >= 0.3 is 0 Å². The molecule has 4 nitrogen and oxygen atoms in total. The van der Waals surface area contributed by atoms with Crippen LogP contribution in [0.25, 0.3) is 0 Å². The lowest BCUT2D eigenvalue weighted by atomic mass is 10.1. The number of rotatable bonds is 7. The molecule has 5 heteroatoms. The molecule has 1 N–H and O–H groups in total. The third kappa shape index (κ3) is 5.58. The van der Waals surface area contributed by atoms with Crippen LogP contribution in [0.5, 0.6) is 5.75 Å². The predicted octanol–water partition coefficient (Wildman–Crippen LogP) is 2.29. The van der Waals surface area contributed by atoms with Crippen LogP contribution < -0.4 is 10.1 Å². The van der Waals surface area contributed by atoms with Gasteiger partial charge in [0, 0.05) is 43.7 Å². The second kappa shape index (κ2) is 8.93. The number of hydrogen-bond donors (Lipinski definition) is 1. The van der Waals surface area contributed by atoms with Gasteiger partial charge in [0.2, 0.25) is 0 Å². The first-order valence-electron chi connectivity index (χ1n) is 7.43. The van der Waals surface area contributed by atoms with Gasteiger partial charge in [-0.2, -0.15) is 17.0 Å². The topological polar surface area (TPSA) is 48.3 Å². The average Bonchev–Trinajstić information content (AvgIpc) is 2.54. The molecule has 114 valence electrons. The summed E-state index contributed by atoms with van der Waals surface area (Å²) in [7, 11) is 0. The van der Waals surface area contributed by atoms with Gasteiger partial charge in [0.1, 0.15) is 11.8 Å². The van der Waals surface area contributed by atoms with Crippen molar-refractivity contribution in [2.45, 2.75) is 13.0 Å². The highest BCUT2D eigenvalue weighted by molar-refractivity contribution is 7.99. The van der Waals surface area contributed by atoms with E-state index >= 15 is 0 Å². The molecule has 0 spiro atoms. The largest absolute Gasteiger partial charge is 0.479 e. The van der Waals surface area contributed by atoms with Crippen molar-refractivity contribution in [2.75, 3.05) is 44.3 Å². The summed E-state index contributed by atoms with van der Waals surface area (Å²) in [5.74, 6) is 3.28. The maximum Gasteiger partial charge on any atom is 0.174 e. The van der Waals surface area contributed by atoms with Crippen LogP contribution in [0.1, 0.15) is 18.5 Å². The Kier molecular flexibility index (Phi) is 6.87. The van der Waals surface area contributed by atoms with Gasteiger partial charge in [-0.3, -0.25) is 0 Å². The van der Waals surface area contributed by atoms with E-state index in [-0.39, 0.29) is 6.61 Å². The molecule has 1 unspecified atom stereocenters. The third-order valence-corrected chi connectivity index (χ3v) is 4.61. The molecule has 1 aromatic carbocycles. The van der Waals surface area contributed by atoms with Crippen LogP contribution in [-0.4, -0.2) is 49.2 Å². The minimum absolute atomic E-state index is 0.0985. The normalized spacial score (nSPS) is 17.1. The molecule has 1 heterocycles. The molecule has 0 radical (unpaired) electrons. The van der Waals surface area contributed by atoms with Crippen LogP contribution in [0.15, 0.2) is 24.3 Å². The summed E-state index contributed by atoms with van der Waals surface area (Å²) in [6.07, 6.45) is 0. The molecular formula is C16H23N3OS. The monoisotopic (exact) mass is 305 g/mol. The van der Waals surface area contributed by atoms with Crippen LogP contribution in [0.3, 0.4) is 0 Å². The molecule has 0 amide bonds. The van der Waals surface area contributed by atoms with Crippen molar-refractivity contribution in [2.24, 2.45) is 0 Å². The quantitative estimate of drug-likeness (QED) is 0.837. The molecule has 1 atom stereocenters. The Morgan fingerprint density at radius 3 is 2.71 bits per heavy atom. The second-order valence-corrected chi connectivity index (χ2v) is 6.37. The molecule has 1 aromatic rings. The van der Waals surface area contributed by atoms with E-state index in [2.05, 4.69) is 29.3 Å². The van der Waals surface area contributed by atoms with Crippen molar-refractivity contribution in [1.29, 1.82) is 5.26 Å². The standard InChI is InChI=1S/C16H23N3OS/c1-14(18-7-8-19-9-12-21-13-10-19)15-2-4-16(5-3-15)20-11-6-17/h2-5,14,18H,7-13H2,1H3. The Balaban J connectivity index is 1.72. The summed E-state index contributed by atoms with van der Waals surface area (Å²) in [6, 6.07) is 10.3. The number of benzene rings is 1. The second-order valence-electron chi connectivity index (χ2n) is 5.15. The highest BCUT2D eigenvalue weighted by Gasteiger charge is 2.10. The molecule has 21 heavy (non-hydrogen) atoms. The first-order valence-corrected chi connectivity index (χ1v) is 8.58. The Hall–Kier alpha value is -1.22. The fraction of sp³-hybridized carbons (Fsp3) is 0.562. The third-order valence-electron chi connectivity index (χ3n) is 3.67. The minimum Gasteiger partial charge on any atom is -0.479 e. The number of nitriles is 1. The zero-order chi connectivity index (χ0) is 14.9. The number of ether oxygens (including phenoxy) is 1. The molecule has 1 aliphatic rings. The Labute approximate surface area is 131 Å². The number of nitrogens with zero attached hydrogens (tertiary/aromatic N) is 2. The SMILES string of the molecule is CC(NCCN1CCSCC1)c1ccc(OCC#N)cc1. The zero-order valence-electron chi connectivity index (χ0n) is 12.5. The summed E-state index contributed by atoms with van der Waals surface area (Å²) in [5.41, 5.74) is 1.24. The molecule has 0 aliphatic carbocycles. The van der Waals surface area contributed by atoms with E-state index in [1.165, 1.54) is 30.2 Å². The van der Waals surface area contributed by atoms with Crippen LogP contribution >= 0.6 is 11.8 Å². The maximum atomic E-state index is 8.48. The van der Waals surface area contributed by atoms with E-state index in [9.17, 15) is 0 Å². The highest BCUT2D eigenvalue weighted by atomic mass is 32.2. The molecule has 1 aliphatic heterocycles. The van der Waals surface area contributed by atoms with Gasteiger partial charge in [-0.05, 0) is 24.6 Å². The van der Waals surface area contributed by atoms with E-state index in [1.54, 1.807) is 0 Å². The van der Waals surface area contributed by atoms with E-state index in [0.717, 1.165) is 18.8 Å². The van der Waals surface area contributed by atoms with Crippen LogP contribution in [0, 0.1) is 11.3 Å². The van der Waals surface area contributed by atoms with Crippen molar-refractivity contribution >= 4 is 11.8 Å². The van der Waals surface area contributed by atoms with Crippen molar-refractivity contribution in [1.82, 2.24) is 10.2 Å². The lowest BCUT2D eigenvalue weighted by Gasteiger charge is -2.26.